The van der Waals surface area contributed by atoms with E-state index in [1.54, 1.807) is 43.4 Å². The number of methoxy groups -OCH3 is 2. The number of aromatic nitrogens is 4. The molecule has 3 aromatic rings. The molecule has 3 rings (SSSR count). The molecule has 0 atom stereocenters. The first-order valence-electron chi connectivity index (χ1n) is 9.06. The first-order chi connectivity index (χ1) is 13.5. The second-order valence-electron chi connectivity index (χ2n) is 6.23. The molecule has 0 saturated heterocycles. The summed E-state index contributed by atoms with van der Waals surface area (Å²) in [5, 5.41) is 0. The molecule has 0 spiro atoms. The fraction of sp³-hybridized carbons (Fsp3) is 0.350. The zero-order chi connectivity index (χ0) is 20.4. The third-order valence-corrected chi connectivity index (χ3v) is 4.73. The van der Waals surface area contributed by atoms with E-state index in [9.17, 15) is 9.59 Å². The van der Waals surface area contributed by atoms with Gasteiger partial charge in [0.05, 0.1) is 14.2 Å². The van der Waals surface area contributed by atoms with Crippen molar-refractivity contribution >= 4 is 23.3 Å². The smallest absolute Gasteiger partial charge is 0.332 e. The van der Waals surface area contributed by atoms with Crippen LogP contribution in [0.15, 0.2) is 27.8 Å². The van der Waals surface area contributed by atoms with Crippen LogP contribution < -0.4 is 20.7 Å². The molecule has 28 heavy (non-hydrogen) atoms. The van der Waals surface area contributed by atoms with Crippen LogP contribution in [-0.2, 0) is 20.1 Å². The predicted octanol–water partition coefficient (Wildman–Crippen LogP) is 2.12. The average Bonchev–Trinajstić information content (AvgIpc) is 3.03. The Morgan fingerprint density at radius 1 is 1.00 bits per heavy atom. The van der Waals surface area contributed by atoms with Gasteiger partial charge in [-0.1, -0.05) is 12.1 Å². The highest BCUT2D eigenvalue weighted by Gasteiger charge is 2.17. The minimum Gasteiger partial charge on any atom is -0.493 e. The minimum atomic E-state index is -0.367. The van der Waals surface area contributed by atoms with Crippen LogP contribution in [0.4, 0.5) is 0 Å². The molecule has 1 aromatic carbocycles. The van der Waals surface area contributed by atoms with Crippen molar-refractivity contribution in [1.82, 2.24) is 18.7 Å². The van der Waals surface area contributed by atoms with Crippen molar-refractivity contribution in [3.63, 3.8) is 0 Å². The normalized spacial score (nSPS) is 11.5. The van der Waals surface area contributed by atoms with Gasteiger partial charge in [0.15, 0.2) is 17.0 Å². The van der Waals surface area contributed by atoms with E-state index in [1.165, 1.54) is 4.57 Å². The van der Waals surface area contributed by atoms with Gasteiger partial charge in [-0.2, -0.15) is 0 Å². The quantitative estimate of drug-likeness (QED) is 0.650. The van der Waals surface area contributed by atoms with Crippen LogP contribution in [0.2, 0.25) is 0 Å². The maximum atomic E-state index is 12.7. The summed E-state index contributed by atoms with van der Waals surface area (Å²) >= 11 is 0. The number of rotatable bonds is 6. The Balaban J connectivity index is 2.14. The molecule has 0 N–H and O–H groups in total. The van der Waals surface area contributed by atoms with Gasteiger partial charge in [-0.25, -0.2) is 9.78 Å². The Bertz CT molecular complexity index is 1170. The van der Waals surface area contributed by atoms with Crippen molar-refractivity contribution in [3.05, 3.63) is 50.4 Å². The van der Waals surface area contributed by atoms with Crippen LogP contribution in [0.5, 0.6) is 11.5 Å². The van der Waals surface area contributed by atoms with E-state index in [0.717, 1.165) is 5.56 Å². The van der Waals surface area contributed by atoms with Gasteiger partial charge in [-0.15, -0.1) is 0 Å². The summed E-state index contributed by atoms with van der Waals surface area (Å²) in [6.45, 7) is 4.40. The van der Waals surface area contributed by atoms with Crippen molar-refractivity contribution in [3.8, 4) is 11.5 Å². The lowest BCUT2D eigenvalue weighted by Crippen LogP contribution is -2.39. The highest BCUT2D eigenvalue weighted by Crippen LogP contribution is 2.28. The molecule has 0 aliphatic carbocycles. The molecule has 8 nitrogen and oxygen atoms in total. The van der Waals surface area contributed by atoms with E-state index in [-0.39, 0.29) is 16.8 Å². The number of imidazole rings is 1. The summed E-state index contributed by atoms with van der Waals surface area (Å²) in [5.74, 6) is 1.85. The molecular weight excluding hydrogens is 360 g/mol. The summed E-state index contributed by atoms with van der Waals surface area (Å²) in [6.07, 6.45) is 3.68. The molecule has 0 aliphatic rings. The minimum absolute atomic E-state index is 0.290. The molecule has 148 valence electrons. The number of aryl methyl sites for hydroxylation is 2. The molecule has 0 aliphatic heterocycles. The van der Waals surface area contributed by atoms with Crippen LogP contribution >= 0.6 is 0 Å². The van der Waals surface area contributed by atoms with Crippen LogP contribution in [0.25, 0.3) is 23.3 Å². The van der Waals surface area contributed by atoms with Gasteiger partial charge >= 0.3 is 5.69 Å². The Kier molecular flexibility index (Phi) is 5.39. The van der Waals surface area contributed by atoms with E-state index in [0.29, 0.717) is 36.1 Å². The number of ether oxygens (including phenoxy) is 2. The summed E-state index contributed by atoms with van der Waals surface area (Å²) in [7, 11) is 4.97. The van der Waals surface area contributed by atoms with E-state index in [1.807, 2.05) is 31.2 Å². The van der Waals surface area contributed by atoms with Gasteiger partial charge in [-0.3, -0.25) is 13.9 Å². The van der Waals surface area contributed by atoms with Crippen LogP contribution in [-0.4, -0.2) is 32.9 Å². The van der Waals surface area contributed by atoms with E-state index < -0.39 is 0 Å². The molecule has 0 radical (unpaired) electrons. The van der Waals surface area contributed by atoms with Gasteiger partial charge < -0.3 is 14.0 Å². The fourth-order valence-corrected chi connectivity index (χ4v) is 3.25. The Labute approximate surface area is 162 Å². The zero-order valence-corrected chi connectivity index (χ0v) is 16.7. The zero-order valence-electron chi connectivity index (χ0n) is 16.7. The second-order valence-corrected chi connectivity index (χ2v) is 6.23. The van der Waals surface area contributed by atoms with Gasteiger partial charge in [0.1, 0.15) is 11.5 Å². The second kappa shape index (κ2) is 7.75. The van der Waals surface area contributed by atoms with Crippen LogP contribution in [0.3, 0.4) is 0 Å². The van der Waals surface area contributed by atoms with E-state index in [2.05, 4.69) is 4.98 Å². The molecular formula is C20H24N4O4. The molecule has 2 aromatic heterocycles. The molecule has 0 saturated carbocycles. The molecule has 0 unspecified atom stereocenters. The number of fused-ring (bicyclic) bond motifs is 1. The standard InChI is InChI=1S/C20H24N4O4/c1-6-23-18-17(19(25)24(7-2)20(23)26)21-16(22(18)3)11-9-13-8-10-14(27-4)15(12-13)28-5/h8-12H,6-7H2,1-5H3/b11-9+. The maximum absolute atomic E-state index is 12.7. The number of nitrogens with zero attached hydrogens (tertiary/aromatic N) is 4. The molecule has 0 bridgehead atoms. The van der Waals surface area contributed by atoms with Crippen LogP contribution in [0, 0.1) is 0 Å². The Morgan fingerprint density at radius 3 is 2.29 bits per heavy atom. The highest BCUT2D eigenvalue weighted by atomic mass is 16.5. The molecule has 0 fully saturated rings. The predicted molar refractivity (Wildman–Crippen MR) is 109 cm³/mol. The first kappa shape index (κ1) is 19.5. The maximum Gasteiger partial charge on any atom is 0.332 e. The summed E-state index contributed by atoms with van der Waals surface area (Å²) in [6, 6.07) is 5.57. The van der Waals surface area contributed by atoms with Crippen molar-refractivity contribution in [1.29, 1.82) is 0 Å². The SMILES string of the molecule is CCn1c(=O)c2nc(/C=C/c3ccc(OC)c(OC)c3)n(C)c2n(CC)c1=O. The summed E-state index contributed by atoms with van der Waals surface area (Å²) in [5.41, 5.74) is 1.02. The number of hydrogen-bond donors (Lipinski definition) is 0. The van der Waals surface area contributed by atoms with Crippen molar-refractivity contribution in [2.75, 3.05) is 14.2 Å². The number of benzene rings is 1. The summed E-state index contributed by atoms with van der Waals surface area (Å²) < 4.78 is 15.1. The average molecular weight is 384 g/mol. The van der Waals surface area contributed by atoms with Gasteiger partial charge in [0.2, 0.25) is 0 Å². The van der Waals surface area contributed by atoms with E-state index in [4.69, 9.17) is 9.47 Å². The third kappa shape index (κ3) is 3.11. The monoisotopic (exact) mass is 384 g/mol. The Hall–Kier alpha value is -3.29. The lowest BCUT2D eigenvalue weighted by atomic mass is 10.2. The fourth-order valence-electron chi connectivity index (χ4n) is 3.25. The molecule has 8 heteroatoms. The lowest BCUT2D eigenvalue weighted by molar-refractivity contribution is 0.355. The Morgan fingerprint density at radius 2 is 1.68 bits per heavy atom. The highest BCUT2D eigenvalue weighted by molar-refractivity contribution is 5.77. The van der Waals surface area contributed by atoms with Gasteiger partial charge in [0.25, 0.3) is 5.56 Å². The third-order valence-electron chi connectivity index (χ3n) is 4.73. The number of hydrogen-bond acceptors (Lipinski definition) is 5. The van der Waals surface area contributed by atoms with Gasteiger partial charge in [-0.05, 0) is 37.6 Å². The largest absolute Gasteiger partial charge is 0.493 e. The van der Waals surface area contributed by atoms with Crippen molar-refractivity contribution < 1.29 is 9.47 Å². The lowest BCUT2D eigenvalue weighted by Gasteiger charge is -2.09. The molecule has 2 heterocycles. The first-order valence-corrected chi connectivity index (χ1v) is 9.06. The van der Waals surface area contributed by atoms with Gasteiger partial charge in [0, 0.05) is 20.1 Å². The molecule has 0 amide bonds. The topological polar surface area (TPSA) is 80.3 Å². The van der Waals surface area contributed by atoms with Crippen molar-refractivity contribution in [2.24, 2.45) is 7.05 Å². The van der Waals surface area contributed by atoms with E-state index >= 15 is 0 Å². The van der Waals surface area contributed by atoms with Crippen molar-refractivity contribution in [2.45, 2.75) is 26.9 Å². The summed E-state index contributed by atoms with van der Waals surface area (Å²) in [4.78, 5) is 29.7. The van der Waals surface area contributed by atoms with Crippen LogP contribution in [0.1, 0.15) is 25.2 Å².